The number of furan rings is 1. The van der Waals surface area contributed by atoms with Crippen molar-refractivity contribution in [1.29, 1.82) is 0 Å². The Balaban J connectivity index is 2.11. The summed E-state index contributed by atoms with van der Waals surface area (Å²) in [7, 11) is 0. The van der Waals surface area contributed by atoms with Crippen LogP contribution in [-0.2, 0) is 0 Å². The van der Waals surface area contributed by atoms with Crippen LogP contribution in [0, 0.1) is 10.7 Å². The van der Waals surface area contributed by atoms with Gasteiger partial charge in [0, 0.05) is 5.56 Å². The molecule has 0 aliphatic heterocycles. The fourth-order valence-corrected chi connectivity index (χ4v) is 1.82. The summed E-state index contributed by atoms with van der Waals surface area (Å²) in [6, 6.07) is 11.2. The van der Waals surface area contributed by atoms with Gasteiger partial charge >= 0.3 is 0 Å². The number of hydrogen-bond acceptors (Lipinski definition) is 2. The van der Waals surface area contributed by atoms with E-state index in [9.17, 15) is 4.79 Å². The van der Waals surface area contributed by atoms with Gasteiger partial charge in [0.15, 0.2) is 9.55 Å². The molecule has 0 unspecified atom stereocenters. The zero-order valence-corrected chi connectivity index (χ0v) is 11.5. The highest BCUT2D eigenvalue weighted by molar-refractivity contribution is 14.1. The Morgan fingerprint density at radius 1 is 1.18 bits per heavy atom. The highest BCUT2D eigenvalue weighted by atomic mass is 127. The summed E-state index contributed by atoms with van der Waals surface area (Å²) in [5.74, 6) is 0.672. The molecule has 2 nitrogen and oxygen atoms in total. The fourth-order valence-electron chi connectivity index (χ4n) is 1.39. The second kappa shape index (κ2) is 5.31. The van der Waals surface area contributed by atoms with Crippen molar-refractivity contribution in [3.63, 3.8) is 0 Å². The Hall–Kier alpha value is -1.36. The molecular formula is C14H11IO2. The third-order valence-electron chi connectivity index (χ3n) is 2.33. The van der Waals surface area contributed by atoms with Gasteiger partial charge in [0.1, 0.15) is 5.76 Å². The van der Waals surface area contributed by atoms with Gasteiger partial charge in [-0.25, -0.2) is 0 Å². The monoisotopic (exact) mass is 338 g/mol. The van der Waals surface area contributed by atoms with Gasteiger partial charge in [0.2, 0.25) is 0 Å². The van der Waals surface area contributed by atoms with Crippen LogP contribution in [0.1, 0.15) is 21.7 Å². The number of rotatable bonds is 3. The summed E-state index contributed by atoms with van der Waals surface area (Å²) in [4.78, 5) is 11.8. The van der Waals surface area contributed by atoms with E-state index in [0.717, 1.165) is 9.33 Å². The Labute approximate surface area is 113 Å². The standard InChI is InChI=1S/C14H11IO2/c1-10-2-4-11(5-3-10)13(16)8-6-12-7-9-14(15)17-12/h2-9H,1H3/b8-6+. The zero-order chi connectivity index (χ0) is 12.3. The molecule has 2 rings (SSSR count). The molecule has 0 fully saturated rings. The van der Waals surface area contributed by atoms with Gasteiger partial charge in [0.25, 0.3) is 0 Å². The maximum atomic E-state index is 11.8. The van der Waals surface area contributed by atoms with Crippen LogP contribution in [0.4, 0.5) is 0 Å². The van der Waals surface area contributed by atoms with Gasteiger partial charge in [-0.1, -0.05) is 29.8 Å². The molecule has 2 aromatic rings. The first-order chi connectivity index (χ1) is 8.15. The third-order valence-corrected chi connectivity index (χ3v) is 2.91. The van der Waals surface area contributed by atoms with Crippen molar-refractivity contribution >= 4 is 34.5 Å². The van der Waals surface area contributed by atoms with E-state index in [4.69, 9.17) is 4.42 Å². The molecule has 0 aliphatic carbocycles. The molecule has 0 aliphatic rings. The molecule has 0 atom stereocenters. The number of benzene rings is 1. The van der Waals surface area contributed by atoms with E-state index in [1.165, 1.54) is 6.08 Å². The number of halogens is 1. The van der Waals surface area contributed by atoms with Crippen LogP contribution in [0.5, 0.6) is 0 Å². The minimum absolute atomic E-state index is 0.0172. The second-order valence-electron chi connectivity index (χ2n) is 3.71. The second-order valence-corrected chi connectivity index (χ2v) is 4.77. The third kappa shape index (κ3) is 3.30. The van der Waals surface area contributed by atoms with Crippen molar-refractivity contribution in [2.75, 3.05) is 0 Å². The first-order valence-corrected chi connectivity index (χ1v) is 6.27. The molecule has 0 amide bonds. The molecule has 1 aromatic carbocycles. The molecule has 0 spiro atoms. The average molecular weight is 338 g/mol. The van der Waals surface area contributed by atoms with Gasteiger partial charge in [-0.05, 0) is 53.8 Å². The van der Waals surface area contributed by atoms with Gasteiger partial charge in [0.05, 0.1) is 0 Å². The predicted molar refractivity (Wildman–Crippen MR) is 76.0 cm³/mol. The SMILES string of the molecule is Cc1ccc(C(=O)/C=C/c2ccc(I)o2)cc1. The fraction of sp³-hybridized carbons (Fsp3) is 0.0714. The smallest absolute Gasteiger partial charge is 0.185 e. The molecule has 86 valence electrons. The van der Waals surface area contributed by atoms with E-state index >= 15 is 0 Å². The lowest BCUT2D eigenvalue weighted by molar-refractivity contribution is 0.104. The maximum Gasteiger partial charge on any atom is 0.185 e. The zero-order valence-electron chi connectivity index (χ0n) is 9.31. The Morgan fingerprint density at radius 3 is 2.47 bits per heavy atom. The summed E-state index contributed by atoms with van der Waals surface area (Å²) in [5, 5.41) is 0. The van der Waals surface area contributed by atoms with Crippen LogP contribution < -0.4 is 0 Å². The highest BCUT2D eigenvalue weighted by Crippen LogP contribution is 2.12. The van der Waals surface area contributed by atoms with Crippen LogP contribution in [-0.4, -0.2) is 5.78 Å². The largest absolute Gasteiger partial charge is 0.451 e. The number of hydrogen-bond donors (Lipinski definition) is 0. The van der Waals surface area contributed by atoms with Gasteiger partial charge in [-0.15, -0.1) is 0 Å². The average Bonchev–Trinajstić information content (AvgIpc) is 2.73. The summed E-state index contributed by atoms with van der Waals surface area (Å²) >= 11 is 2.09. The molecule has 1 aromatic heterocycles. The van der Waals surface area contributed by atoms with Crippen molar-refractivity contribution in [2.45, 2.75) is 6.92 Å². The van der Waals surface area contributed by atoms with E-state index in [-0.39, 0.29) is 5.78 Å². The van der Waals surface area contributed by atoms with E-state index < -0.39 is 0 Å². The number of carbonyl (C=O) groups excluding carboxylic acids is 1. The van der Waals surface area contributed by atoms with Crippen LogP contribution in [0.25, 0.3) is 6.08 Å². The molecule has 0 bridgehead atoms. The molecular weight excluding hydrogens is 327 g/mol. The van der Waals surface area contributed by atoms with Crippen LogP contribution in [0.2, 0.25) is 0 Å². The normalized spacial score (nSPS) is 10.9. The molecule has 17 heavy (non-hydrogen) atoms. The highest BCUT2D eigenvalue weighted by Gasteiger charge is 2.01. The van der Waals surface area contributed by atoms with Gasteiger partial charge in [-0.2, -0.15) is 0 Å². The number of carbonyl (C=O) groups is 1. The van der Waals surface area contributed by atoms with E-state index in [2.05, 4.69) is 22.6 Å². The van der Waals surface area contributed by atoms with Gasteiger partial charge < -0.3 is 4.42 Å². The lowest BCUT2D eigenvalue weighted by Gasteiger charge is -1.96. The van der Waals surface area contributed by atoms with Crippen LogP contribution in [0.15, 0.2) is 46.9 Å². The molecule has 0 saturated carbocycles. The summed E-state index contributed by atoms with van der Waals surface area (Å²) in [6.07, 6.45) is 3.21. The Bertz CT molecular complexity index is 550. The van der Waals surface area contributed by atoms with Gasteiger partial charge in [-0.3, -0.25) is 4.79 Å². The van der Waals surface area contributed by atoms with Crippen molar-refractivity contribution in [2.24, 2.45) is 0 Å². The summed E-state index contributed by atoms with van der Waals surface area (Å²) < 4.78 is 6.15. The maximum absolute atomic E-state index is 11.8. The number of ketones is 1. The van der Waals surface area contributed by atoms with E-state index in [1.54, 1.807) is 6.08 Å². The summed E-state index contributed by atoms with van der Waals surface area (Å²) in [5.41, 5.74) is 1.83. The minimum atomic E-state index is -0.0172. The first-order valence-electron chi connectivity index (χ1n) is 5.19. The van der Waals surface area contributed by atoms with Crippen LogP contribution in [0.3, 0.4) is 0 Å². The molecule has 1 heterocycles. The molecule has 0 radical (unpaired) electrons. The van der Waals surface area contributed by atoms with E-state index in [1.807, 2.05) is 43.3 Å². The van der Waals surface area contributed by atoms with E-state index in [0.29, 0.717) is 11.3 Å². The minimum Gasteiger partial charge on any atom is -0.451 e. The summed E-state index contributed by atoms with van der Waals surface area (Å²) in [6.45, 7) is 1.99. The molecule has 0 N–H and O–H groups in total. The lowest BCUT2D eigenvalue weighted by atomic mass is 10.1. The molecule has 0 saturated heterocycles. The Morgan fingerprint density at radius 2 is 1.88 bits per heavy atom. The van der Waals surface area contributed by atoms with Crippen molar-refractivity contribution in [1.82, 2.24) is 0 Å². The molecule has 3 heteroatoms. The lowest BCUT2D eigenvalue weighted by Crippen LogP contribution is -1.93. The predicted octanol–water partition coefficient (Wildman–Crippen LogP) is 4.09. The Kier molecular flexibility index (Phi) is 3.78. The first kappa shape index (κ1) is 12.1. The number of allylic oxidation sites excluding steroid dienone is 1. The van der Waals surface area contributed by atoms with Crippen molar-refractivity contribution in [3.05, 3.63) is 63.1 Å². The quantitative estimate of drug-likeness (QED) is 0.479. The topological polar surface area (TPSA) is 30.2 Å². The van der Waals surface area contributed by atoms with Crippen molar-refractivity contribution < 1.29 is 9.21 Å². The van der Waals surface area contributed by atoms with Crippen molar-refractivity contribution in [3.8, 4) is 0 Å². The van der Waals surface area contributed by atoms with Crippen LogP contribution >= 0.6 is 22.6 Å². The number of aryl methyl sites for hydroxylation is 1.